The summed E-state index contributed by atoms with van der Waals surface area (Å²) >= 11 is 0. The lowest BCUT2D eigenvalue weighted by Crippen LogP contribution is -2.20. The number of phenolic OH excluding ortho intramolecular Hbond substituents is 1. The van der Waals surface area contributed by atoms with Crippen LogP contribution >= 0.6 is 0 Å². The second-order valence-electron chi connectivity index (χ2n) is 4.52. The number of nitrogens with zero attached hydrogens (tertiary/aromatic N) is 2. The second kappa shape index (κ2) is 6.78. The number of non-ortho nitro benzene ring substituents is 1. The summed E-state index contributed by atoms with van der Waals surface area (Å²) in [5, 5.41) is 29.3. The molecule has 5 N–H and O–H groups in total. The molecule has 0 bridgehead atoms. The van der Waals surface area contributed by atoms with Gasteiger partial charge in [0.05, 0.1) is 15.9 Å². The number of nitrogens with two attached hydrogens (primary N) is 2. The zero-order valence-corrected chi connectivity index (χ0v) is 10.6. The summed E-state index contributed by atoms with van der Waals surface area (Å²) in [6.45, 7) is 0. The molecule has 0 aromatic heterocycles. The molecule has 110 valence electrons. The number of benzene rings is 1. The molecule has 0 saturated heterocycles. The van der Waals surface area contributed by atoms with Crippen LogP contribution in [0.1, 0.15) is 19.3 Å². The number of hydrogen-bond acceptors (Lipinski definition) is 7. The number of hydrogen-bond donors (Lipinski definition) is 3. The van der Waals surface area contributed by atoms with Crippen molar-refractivity contribution in [3.8, 4) is 5.75 Å². The molecule has 1 aliphatic carbocycles. The van der Waals surface area contributed by atoms with Gasteiger partial charge in [0.2, 0.25) is 0 Å². The van der Waals surface area contributed by atoms with Gasteiger partial charge in [0.15, 0.2) is 5.75 Å². The molecule has 2 rings (SSSR count). The maximum absolute atomic E-state index is 10.2. The standard InChI is InChI=1S/C6H4N2O5.C5H12N2/c9-6-2-1-4(7(10)11)3-5(6)8(12)13;6-4-1-2-5(7)3-4/h1-3,9H;4-5H,1-3,6-7H2/t;4-,5+. The third-order valence-electron chi connectivity index (χ3n) is 2.88. The highest BCUT2D eigenvalue weighted by atomic mass is 16.6. The fraction of sp³-hybridized carbons (Fsp3) is 0.455. The topological polar surface area (TPSA) is 159 Å². The molecule has 1 aromatic rings. The Bertz CT molecular complexity index is 500. The molecule has 1 aromatic carbocycles. The molecule has 0 spiro atoms. The van der Waals surface area contributed by atoms with Crippen molar-refractivity contribution in [2.45, 2.75) is 31.3 Å². The third kappa shape index (κ3) is 4.44. The Morgan fingerprint density at radius 3 is 2.00 bits per heavy atom. The smallest absolute Gasteiger partial charge is 0.317 e. The number of nitro benzene ring substituents is 2. The quantitative estimate of drug-likeness (QED) is 0.540. The Hall–Kier alpha value is -2.26. The van der Waals surface area contributed by atoms with Crippen LogP contribution in [0.2, 0.25) is 0 Å². The molecule has 1 fully saturated rings. The minimum atomic E-state index is -0.887. The van der Waals surface area contributed by atoms with Gasteiger partial charge in [0.25, 0.3) is 5.69 Å². The largest absolute Gasteiger partial charge is 0.502 e. The van der Waals surface area contributed by atoms with E-state index >= 15 is 0 Å². The Kier molecular flexibility index (Phi) is 5.35. The van der Waals surface area contributed by atoms with Crippen LogP contribution in [0.15, 0.2) is 18.2 Å². The lowest BCUT2D eigenvalue weighted by Gasteiger charge is -1.97. The fourth-order valence-corrected chi connectivity index (χ4v) is 1.82. The summed E-state index contributed by atoms with van der Waals surface area (Å²) in [6, 6.07) is 3.40. The summed E-state index contributed by atoms with van der Waals surface area (Å²) in [5.74, 6) is -0.587. The highest BCUT2D eigenvalue weighted by Gasteiger charge is 2.18. The van der Waals surface area contributed by atoms with Gasteiger partial charge in [0, 0.05) is 18.2 Å². The van der Waals surface area contributed by atoms with Gasteiger partial charge in [0.1, 0.15) is 0 Å². The van der Waals surface area contributed by atoms with E-state index in [9.17, 15) is 20.2 Å². The maximum Gasteiger partial charge on any atom is 0.317 e. The monoisotopic (exact) mass is 284 g/mol. The van der Waals surface area contributed by atoms with Crippen LogP contribution in [0.3, 0.4) is 0 Å². The first-order chi connectivity index (χ1) is 9.31. The minimum Gasteiger partial charge on any atom is -0.502 e. The number of aromatic hydroxyl groups is 1. The van der Waals surface area contributed by atoms with Crippen LogP contribution in [0, 0.1) is 20.2 Å². The molecule has 1 aliphatic rings. The summed E-state index contributed by atoms with van der Waals surface area (Å²) in [5.41, 5.74) is 9.99. The molecule has 9 nitrogen and oxygen atoms in total. The number of phenols is 1. The predicted octanol–water partition coefficient (Wildman–Crippen LogP) is 1.03. The molecule has 0 heterocycles. The molecular weight excluding hydrogens is 268 g/mol. The van der Waals surface area contributed by atoms with E-state index in [1.54, 1.807) is 0 Å². The fourth-order valence-electron chi connectivity index (χ4n) is 1.82. The Balaban J connectivity index is 0.000000240. The third-order valence-corrected chi connectivity index (χ3v) is 2.88. The lowest BCUT2D eigenvalue weighted by atomic mass is 10.2. The summed E-state index contributed by atoms with van der Waals surface area (Å²) in [4.78, 5) is 18.7. The molecule has 0 amide bonds. The van der Waals surface area contributed by atoms with Crippen LogP contribution in [-0.2, 0) is 0 Å². The summed E-state index contributed by atoms with van der Waals surface area (Å²) in [6.07, 6.45) is 3.28. The first-order valence-corrected chi connectivity index (χ1v) is 5.94. The first-order valence-electron chi connectivity index (χ1n) is 5.94. The normalized spacial score (nSPS) is 20.9. The van der Waals surface area contributed by atoms with Crippen LogP contribution < -0.4 is 11.5 Å². The van der Waals surface area contributed by atoms with Crippen molar-refractivity contribution >= 4 is 11.4 Å². The van der Waals surface area contributed by atoms with E-state index in [2.05, 4.69) is 0 Å². The predicted molar refractivity (Wildman–Crippen MR) is 71.2 cm³/mol. The van der Waals surface area contributed by atoms with Gasteiger partial charge >= 0.3 is 5.69 Å². The average Bonchev–Trinajstić information content (AvgIpc) is 2.73. The maximum atomic E-state index is 10.2. The van der Waals surface area contributed by atoms with E-state index < -0.39 is 27.0 Å². The van der Waals surface area contributed by atoms with Crippen molar-refractivity contribution in [2.75, 3.05) is 0 Å². The van der Waals surface area contributed by atoms with E-state index in [1.165, 1.54) is 0 Å². The van der Waals surface area contributed by atoms with Gasteiger partial charge < -0.3 is 16.6 Å². The Labute approximate surface area is 114 Å². The van der Waals surface area contributed by atoms with Crippen LogP contribution in [0.25, 0.3) is 0 Å². The Morgan fingerprint density at radius 1 is 1.10 bits per heavy atom. The average molecular weight is 284 g/mol. The highest BCUT2D eigenvalue weighted by Crippen LogP contribution is 2.29. The summed E-state index contributed by atoms with van der Waals surface area (Å²) in [7, 11) is 0. The highest BCUT2D eigenvalue weighted by molar-refractivity contribution is 5.52. The molecule has 20 heavy (non-hydrogen) atoms. The van der Waals surface area contributed by atoms with E-state index in [0.29, 0.717) is 18.2 Å². The zero-order chi connectivity index (χ0) is 15.3. The van der Waals surface area contributed by atoms with Gasteiger partial charge in [-0.25, -0.2) is 0 Å². The van der Waals surface area contributed by atoms with Gasteiger partial charge in [-0.05, 0) is 25.3 Å². The van der Waals surface area contributed by atoms with Crippen LogP contribution in [0.4, 0.5) is 11.4 Å². The molecular formula is C11H16N4O5. The van der Waals surface area contributed by atoms with Gasteiger partial charge in [-0.1, -0.05) is 0 Å². The molecule has 0 aliphatic heterocycles. The van der Waals surface area contributed by atoms with Crippen molar-refractivity contribution in [3.05, 3.63) is 38.4 Å². The second-order valence-corrected chi connectivity index (χ2v) is 4.52. The van der Waals surface area contributed by atoms with Crippen molar-refractivity contribution in [2.24, 2.45) is 11.5 Å². The van der Waals surface area contributed by atoms with E-state index in [0.717, 1.165) is 31.4 Å². The zero-order valence-electron chi connectivity index (χ0n) is 10.6. The van der Waals surface area contributed by atoms with Crippen molar-refractivity contribution in [3.63, 3.8) is 0 Å². The van der Waals surface area contributed by atoms with E-state index in [1.807, 2.05) is 0 Å². The lowest BCUT2D eigenvalue weighted by molar-refractivity contribution is -0.394. The van der Waals surface area contributed by atoms with Crippen molar-refractivity contribution < 1.29 is 15.0 Å². The van der Waals surface area contributed by atoms with Crippen molar-refractivity contribution in [1.29, 1.82) is 0 Å². The van der Waals surface area contributed by atoms with Crippen molar-refractivity contribution in [1.82, 2.24) is 0 Å². The number of rotatable bonds is 2. The molecule has 1 saturated carbocycles. The van der Waals surface area contributed by atoms with E-state index in [-0.39, 0.29) is 0 Å². The Morgan fingerprint density at radius 2 is 1.65 bits per heavy atom. The number of nitro groups is 2. The summed E-state index contributed by atoms with van der Waals surface area (Å²) < 4.78 is 0. The molecule has 2 atom stereocenters. The minimum absolute atomic E-state index is 0.398. The SMILES string of the molecule is N[C@@H]1CC[C@H](N)C1.O=[N+]([O-])c1ccc(O)c([N+](=O)[O-])c1. The molecule has 0 unspecified atom stereocenters. The molecule has 9 heteroatoms. The van der Waals surface area contributed by atoms with Gasteiger partial charge in [-0.15, -0.1) is 0 Å². The van der Waals surface area contributed by atoms with Gasteiger partial charge in [-0.3, -0.25) is 20.2 Å². The van der Waals surface area contributed by atoms with Crippen LogP contribution in [0.5, 0.6) is 5.75 Å². The molecule has 0 radical (unpaired) electrons. The first kappa shape index (κ1) is 15.8. The van der Waals surface area contributed by atoms with E-state index in [4.69, 9.17) is 16.6 Å². The van der Waals surface area contributed by atoms with Crippen LogP contribution in [-0.4, -0.2) is 27.0 Å². The van der Waals surface area contributed by atoms with Gasteiger partial charge in [-0.2, -0.15) is 0 Å².